The van der Waals surface area contributed by atoms with Crippen LogP contribution in [0.1, 0.15) is 0 Å². The van der Waals surface area contributed by atoms with Crippen LogP contribution in [0.4, 0.5) is 5.69 Å². The molecule has 0 spiro atoms. The average molecular weight is 155 g/mol. The van der Waals surface area contributed by atoms with E-state index in [-0.39, 0.29) is 11.4 Å². The minimum absolute atomic E-state index is 0.0363. The van der Waals surface area contributed by atoms with E-state index in [9.17, 15) is 10.1 Å². The van der Waals surface area contributed by atoms with Crippen molar-refractivity contribution in [2.45, 2.75) is 0 Å². The van der Waals surface area contributed by atoms with E-state index in [1.807, 2.05) is 0 Å². The topological polar surface area (TPSA) is 72.6 Å². The molecule has 0 aliphatic rings. The van der Waals surface area contributed by atoms with E-state index in [1.165, 1.54) is 24.3 Å². The Morgan fingerprint density at radius 1 is 1.36 bits per heavy atom. The Bertz CT molecular complexity index is 256. The summed E-state index contributed by atoms with van der Waals surface area (Å²) in [6, 6.07) is 5.09. The van der Waals surface area contributed by atoms with Gasteiger partial charge in [-0.1, -0.05) is 0 Å². The summed E-state index contributed by atoms with van der Waals surface area (Å²) in [6.07, 6.45) is 0. The molecule has 0 amide bonds. The summed E-state index contributed by atoms with van der Waals surface area (Å²) in [7, 11) is 0. The number of nitro groups is 1. The molecule has 5 heteroatoms. The van der Waals surface area contributed by atoms with Crippen molar-refractivity contribution in [3.05, 3.63) is 34.4 Å². The van der Waals surface area contributed by atoms with Gasteiger partial charge < -0.3 is 4.89 Å². The zero-order chi connectivity index (χ0) is 8.27. The number of benzene rings is 1. The summed E-state index contributed by atoms with van der Waals surface area (Å²) in [5, 5.41) is 18.2. The molecular formula is C6H5NO4. The van der Waals surface area contributed by atoms with Crippen LogP contribution in [0.5, 0.6) is 5.75 Å². The molecule has 5 nitrogen and oxygen atoms in total. The molecule has 11 heavy (non-hydrogen) atoms. The second-order valence-electron chi connectivity index (χ2n) is 1.84. The lowest BCUT2D eigenvalue weighted by Gasteiger charge is -1.93. The van der Waals surface area contributed by atoms with Crippen molar-refractivity contribution < 1.29 is 15.1 Å². The highest BCUT2D eigenvalue weighted by Crippen LogP contribution is 2.16. The maximum absolute atomic E-state index is 10.1. The highest BCUT2D eigenvalue weighted by Gasteiger charge is 2.03. The quantitative estimate of drug-likeness (QED) is 0.398. The fourth-order valence-electron chi connectivity index (χ4n) is 0.629. The van der Waals surface area contributed by atoms with Gasteiger partial charge in [-0.3, -0.25) is 10.1 Å². The molecule has 1 aromatic rings. The third kappa shape index (κ3) is 1.65. The van der Waals surface area contributed by atoms with E-state index in [1.54, 1.807) is 0 Å². The number of non-ortho nitro benzene ring substituents is 1. The van der Waals surface area contributed by atoms with E-state index < -0.39 is 4.92 Å². The van der Waals surface area contributed by atoms with Gasteiger partial charge in [0, 0.05) is 12.1 Å². The second-order valence-corrected chi connectivity index (χ2v) is 1.84. The number of nitrogens with zero attached hydrogens (tertiary/aromatic N) is 1. The Hall–Kier alpha value is -1.62. The lowest BCUT2D eigenvalue weighted by atomic mass is 10.3. The van der Waals surface area contributed by atoms with E-state index >= 15 is 0 Å². The summed E-state index contributed by atoms with van der Waals surface area (Å²) < 4.78 is 0. The van der Waals surface area contributed by atoms with Crippen molar-refractivity contribution in [3.63, 3.8) is 0 Å². The number of hydrogen-bond donors (Lipinski definition) is 1. The minimum atomic E-state index is -0.527. The van der Waals surface area contributed by atoms with Crippen molar-refractivity contribution in [1.29, 1.82) is 0 Å². The van der Waals surface area contributed by atoms with E-state index in [0.717, 1.165) is 0 Å². The van der Waals surface area contributed by atoms with Gasteiger partial charge >= 0.3 is 0 Å². The van der Waals surface area contributed by atoms with Crippen LogP contribution in [-0.2, 0) is 0 Å². The summed E-state index contributed by atoms with van der Waals surface area (Å²) in [6.45, 7) is 0. The molecule has 0 saturated carbocycles. The Morgan fingerprint density at radius 2 is 1.91 bits per heavy atom. The maximum Gasteiger partial charge on any atom is 0.269 e. The molecule has 0 atom stereocenters. The van der Waals surface area contributed by atoms with Crippen LogP contribution in [0, 0.1) is 10.1 Å². The summed E-state index contributed by atoms with van der Waals surface area (Å²) in [4.78, 5) is 13.4. The smallest absolute Gasteiger partial charge is 0.269 e. The van der Waals surface area contributed by atoms with Gasteiger partial charge in [-0.05, 0) is 12.1 Å². The lowest BCUT2D eigenvalue weighted by molar-refractivity contribution is -0.384. The molecule has 58 valence electrons. The fraction of sp³-hybridized carbons (Fsp3) is 0. The van der Waals surface area contributed by atoms with Crippen molar-refractivity contribution in [3.8, 4) is 5.75 Å². The molecular weight excluding hydrogens is 150 g/mol. The first kappa shape index (κ1) is 7.49. The molecule has 1 aromatic carbocycles. The molecule has 0 saturated heterocycles. The molecule has 1 N–H and O–H groups in total. The number of rotatable bonds is 2. The highest BCUT2D eigenvalue weighted by molar-refractivity contribution is 5.35. The Labute approximate surface area is 61.9 Å². The first-order valence-corrected chi connectivity index (χ1v) is 2.80. The van der Waals surface area contributed by atoms with Crippen LogP contribution in [0.2, 0.25) is 0 Å². The first-order chi connectivity index (χ1) is 5.24. The molecule has 0 aromatic heterocycles. The summed E-state index contributed by atoms with van der Waals surface area (Å²) in [5.74, 6) is 0.176. The standard InChI is InChI=1S/C6H5NO4/c8-7(9)5-1-3-6(11-10)4-2-5/h1-4,10H. The highest BCUT2D eigenvalue weighted by atomic mass is 17.1. The normalized spacial score (nSPS) is 9.18. The SMILES string of the molecule is O=[N+]([O-])c1ccc(OO)cc1. The van der Waals surface area contributed by atoms with Gasteiger partial charge in [0.25, 0.3) is 5.69 Å². The van der Waals surface area contributed by atoms with E-state index in [4.69, 9.17) is 5.26 Å². The predicted molar refractivity (Wildman–Crippen MR) is 36.4 cm³/mol. The zero-order valence-corrected chi connectivity index (χ0v) is 5.43. The van der Waals surface area contributed by atoms with Crippen LogP contribution < -0.4 is 4.89 Å². The van der Waals surface area contributed by atoms with Crippen molar-refractivity contribution >= 4 is 5.69 Å². The van der Waals surface area contributed by atoms with Gasteiger partial charge in [0.15, 0.2) is 5.75 Å². The molecule has 0 aliphatic carbocycles. The van der Waals surface area contributed by atoms with Gasteiger partial charge in [0.05, 0.1) is 4.92 Å². The molecule has 0 heterocycles. The Kier molecular flexibility index (Phi) is 2.03. The van der Waals surface area contributed by atoms with Crippen molar-refractivity contribution in [1.82, 2.24) is 0 Å². The maximum atomic E-state index is 10.1. The van der Waals surface area contributed by atoms with Gasteiger partial charge in [0.2, 0.25) is 0 Å². The zero-order valence-electron chi connectivity index (χ0n) is 5.43. The lowest BCUT2D eigenvalue weighted by Crippen LogP contribution is -1.88. The molecule has 0 radical (unpaired) electrons. The van der Waals surface area contributed by atoms with Crippen molar-refractivity contribution in [2.75, 3.05) is 0 Å². The van der Waals surface area contributed by atoms with Crippen LogP contribution in [0.3, 0.4) is 0 Å². The Balaban J connectivity index is 2.91. The molecule has 0 bridgehead atoms. The number of nitro benzene ring substituents is 1. The minimum Gasteiger partial charge on any atom is -0.340 e. The van der Waals surface area contributed by atoms with Gasteiger partial charge in [-0.15, -0.1) is 0 Å². The van der Waals surface area contributed by atoms with Gasteiger partial charge in [0.1, 0.15) is 0 Å². The predicted octanol–water partition coefficient (Wildman–Crippen LogP) is 1.45. The number of hydrogen-bond acceptors (Lipinski definition) is 4. The molecule has 0 fully saturated rings. The Morgan fingerprint density at radius 3 is 2.27 bits per heavy atom. The van der Waals surface area contributed by atoms with Crippen LogP contribution in [-0.4, -0.2) is 10.2 Å². The van der Waals surface area contributed by atoms with E-state index in [0.29, 0.717) is 0 Å². The van der Waals surface area contributed by atoms with Crippen molar-refractivity contribution in [2.24, 2.45) is 0 Å². The average Bonchev–Trinajstić information content (AvgIpc) is 2.05. The molecule has 0 aliphatic heterocycles. The largest absolute Gasteiger partial charge is 0.340 e. The monoisotopic (exact) mass is 155 g/mol. The fourth-order valence-corrected chi connectivity index (χ4v) is 0.629. The molecule has 0 unspecified atom stereocenters. The molecule has 1 rings (SSSR count). The summed E-state index contributed by atoms with van der Waals surface area (Å²) >= 11 is 0. The van der Waals surface area contributed by atoms with Crippen LogP contribution >= 0.6 is 0 Å². The first-order valence-electron chi connectivity index (χ1n) is 2.80. The second kappa shape index (κ2) is 2.98. The summed E-state index contributed by atoms with van der Waals surface area (Å²) in [5.41, 5.74) is -0.0363. The third-order valence-corrected chi connectivity index (χ3v) is 1.15. The van der Waals surface area contributed by atoms with Gasteiger partial charge in [-0.2, -0.15) is 0 Å². The van der Waals surface area contributed by atoms with Gasteiger partial charge in [-0.25, -0.2) is 5.26 Å². The third-order valence-electron chi connectivity index (χ3n) is 1.15. The van der Waals surface area contributed by atoms with E-state index in [2.05, 4.69) is 4.89 Å². The van der Waals surface area contributed by atoms with Crippen LogP contribution in [0.25, 0.3) is 0 Å². The van der Waals surface area contributed by atoms with Crippen LogP contribution in [0.15, 0.2) is 24.3 Å².